The number of nitrogens with one attached hydrogen (secondary N) is 3. The van der Waals surface area contributed by atoms with E-state index in [0.717, 1.165) is 5.69 Å². The van der Waals surface area contributed by atoms with Crippen molar-refractivity contribution < 1.29 is 8.42 Å². The Morgan fingerprint density at radius 2 is 1.86 bits per heavy atom. The molecule has 8 nitrogen and oxygen atoms in total. The number of rotatable bonds is 5. The van der Waals surface area contributed by atoms with Gasteiger partial charge in [-0.25, -0.2) is 18.1 Å². The van der Waals surface area contributed by atoms with Crippen molar-refractivity contribution in [1.29, 1.82) is 0 Å². The van der Waals surface area contributed by atoms with Crippen LogP contribution in [0.4, 0.5) is 11.5 Å². The number of para-hydroxylation sites is 1. The summed E-state index contributed by atoms with van der Waals surface area (Å²) in [6, 6.07) is 12.8. The number of nitrogens with zero attached hydrogens (tertiary/aromatic N) is 2. The van der Waals surface area contributed by atoms with Gasteiger partial charge in [-0.2, -0.15) is 0 Å². The average molecular weight is 409 g/mol. The number of aromatic nitrogens is 3. The second-order valence-electron chi connectivity index (χ2n) is 6.49. The molecule has 3 N–H and O–H groups in total. The molecule has 9 heteroatoms. The molecule has 3 aromatic heterocycles. The van der Waals surface area contributed by atoms with Crippen LogP contribution >= 0.6 is 0 Å². The lowest BCUT2D eigenvalue weighted by Crippen LogP contribution is -2.19. The fraction of sp³-hybridized carbons (Fsp3) is 0.100. The molecule has 0 saturated heterocycles. The first-order valence-electron chi connectivity index (χ1n) is 8.83. The SMILES string of the molecule is CNS(=O)(=O)c1cnc(Nc2ccccc2)c(-c2cn(C)c(=O)c3[nH]ccc23)c1. The molecule has 29 heavy (non-hydrogen) atoms. The van der Waals surface area contributed by atoms with Gasteiger partial charge in [-0.15, -0.1) is 0 Å². The fourth-order valence-electron chi connectivity index (χ4n) is 3.16. The normalized spacial score (nSPS) is 11.7. The minimum atomic E-state index is -3.69. The van der Waals surface area contributed by atoms with E-state index in [1.807, 2.05) is 30.3 Å². The maximum atomic E-state index is 12.4. The van der Waals surface area contributed by atoms with Gasteiger partial charge in [0.1, 0.15) is 16.2 Å². The maximum Gasteiger partial charge on any atom is 0.274 e. The maximum absolute atomic E-state index is 12.4. The van der Waals surface area contributed by atoms with Crippen LogP contribution in [0.3, 0.4) is 0 Å². The first kappa shape index (κ1) is 18.9. The molecule has 0 amide bonds. The number of aryl methyl sites for hydroxylation is 1. The zero-order chi connectivity index (χ0) is 20.6. The van der Waals surface area contributed by atoms with Crippen LogP contribution in [0.1, 0.15) is 0 Å². The molecule has 4 rings (SSSR count). The van der Waals surface area contributed by atoms with Gasteiger partial charge in [0, 0.05) is 47.8 Å². The van der Waals surface area contributed by atoms with Crippen molar-refractivity contribution in [2.24, 2.45) is 7.05 Å². The highest BCUT2D eigenvalue weighted by atomic mass is 32.2. The summed E-state index contributed by atoms with van der Waals surface area (Å²) in [5.74, 6) is 0.479. The lowest BCUT2D eigenvalue weighted by molar-refractivity contribution is 0.588. The second-order valence-corrected chi connectivity index (χ2v) is 8.38. The number of sulfonamides is 1. The Labute approximate surface area is 167 Å². The molecule has 0 spiro atoms. The molecule has 0 aliphatic heterocycles. The predicted molar refractivity (Wildman–Crippen MR) is 113 cm³/mol. The summed E-state index contributed by atoms with van der Waals surface area (Å²) >= 11 is 0. The van der Waals surface area contributed by atoms with Gasteiger partial charge in [0.25, 0.3) is 5.56 Å². The number of pyridine rings is 2. The van der Waals surface area contributed by atoms with Crippen molar-refractivity contribution in [1.82, 2.24) is 19.3 Å². The predicted octanol–water partition coefficient (Wildman–Crippen LogP) is 2.58. The van der Waals surface area contributed by atoms with Crippen LogP contribution in [-0.4, -0.2) is 30.0 Å². The Hall–Kier alpha value is -3.43. The summed E-state index contributed by atoms with van der Waals surface area (Å²) in [6.45, 7) is 0. The third-order valence-corrected chi connectivity index (χ3v) is 6.04. The van der Waals surface area contributed by atoms with Crippen LogP contribution in [0.2, 0.25) is 0 Å². The average Bonchev–Trinajstić information content (AvgIpc) is 3.22. The molecule has 0 aliphatic carbocycles. The second kappa shape index (κ2) is 7.19. The largest absolute Gasteiger partial charge is 0.357 e. The number of anilines is 2. The lowest BCUT2D eigenvalue weighted by atomic mass is 10.0. The van der Waals surface area contributed by atoms with E-state index in [1.54, 1.807) is 31.6 Å². The van der Waals surface area contributed by atoms with Gasteiger partial charge in [-0.3, -0.25) is 4.79 Å². The molecule has 0 atom stereocenters. The first-order valence-corrected chi connectivity index (χ1v) is 10.3. The fourth-order valence-corrected chi connectivity index (χ4v) is 3.86. The van der Waals surface area contributed by atoms with Gasteiger partial charge < -0.3 is 14.9 Å². The molecule has 0 unspecified atom stereocenters. The van der Waals surface area contributed by atoms with Gasteiger partial charge in [0.2, 0.25) is 10.0 Å². The summed E-state index contributed by atoms with van der Waals surface area (Å²) in [7, 11) is -0.693. The summed E-state index contributed by atoms with van der Waals surface area (Å²) in [4.78, 5) is 19.8. The summed E-state index contributed by atoms with van der Waals surface area (Å²) in [6.07, 6.45) is 4.67. The van der Waals surface area contributed by atoms with E-state index in [9.17, 15) is 13.2 Å². The van der Waals surface area contributed by atoms with Crippen LogP contribution < -0.4 is 15.6 Å². The van der Waals surface area contributed by atoms with E-state index in [2.05, 4.69) is 20.0 Å². The molecule has 148 valence electrons. The smallest absolute Gasteiger partial charge is 0.274 e. The first-order chi connectivity index (χ1) is 13.9. The Bertz CT molecular complexity index is 1360. The van der Waals surface area contributed by atoms with E-state index < -0.39 is 10.0 Å². The summed E-state index contributed by atoms with van der Waals surface area (Å²) < 4.78 is 28.5. The standard InChI is InChI=1S/C20H19N5O3S/c1-21-29(27,28)14-10-16(19(23-11-14)24-13-6-4-3-5-7-13)17-12-25(2)20(26)18-15(17)8-9-22-18/h3-12,21-22H,1-2H3,(H,23,24). The van der Waals surface area contributed by atoms with Crippen LogP contribution in [0.15, 0.2) is 70.7 Å². The van der Waals surface area contributed by atoms with E-state index in [1.165, 1.54) is 17.8 Å². The van der Waals surface area contributed by atoms with Gasteiger partial charge in [-0.05, 0) is 31.3 Å². The summed E-state index contributed by atoms with van der Waals surface area (Å²) in [5.41, 5.74) is 2.32. The van der Waals surface area contributed by atoms with E-state index in [4.69, 9.17) is 0 Å². The monoisotopic (exact) mass is 409 g/mol. The third-order valence-electron chi connectivity index (χ3n) is 4.66. The molecule has 4 aromatic rings. The van der Waals surface area contributed by atoms with Crippen LogP contribution in [0.25, 0.3) is 22.0 Å². The number of fused-ring (bicyclic) bond motifs is 1. The highest BCUT2D eigenvalue weighted by Crippen LogP contribution is 2.34. The zero-order valence-electron chi connectivity index (χ0n) is 15.8. The van der Waals surface area contributed by atoms with E-state index in [-0.39, 0.29) is 10.5 Å². The lowest BCUT2D eigenvalue weighted by Gasteiger charge is -2.15. The Balaban J connectivity index is 1.99. The van der Waals surface area contributed by atoms with Crippen LogP contribution in [0, 0.1) is 0 Å². The molecule has 1 aromatic carbocycles. The van der Waals surface area contributed by atoms with Crippen molar-refractivity contribution in [2.45, 2.75) is 4.90 Å². The quantitative estimate of drug-likeness (QED) is 0.469. The molecule has 0 aliphatic rings. The van der Waals surface area contributed by atoms with E-state index in [0.29, 0.717) is 27.8 Å². The Morgan fingerprint density at radius 3 is 2.59 bits per heavy atom. The Kier molecular flexibility index (Phi) is 4.69. The molecule has 3 heterocycles. The molecule has 0 fully saturated rings. The topological polar surface area (TPSA) is 109 Å². The number of benzene rings is 1. The van der Waals surface area contributed by atoms with Crippen molar-refractivity contribution >= 4 is 32.4 Å². The highest BCUT2D eigenvalue weighted by molar-refractivity contribution is 7.89. The van der Waals surface area contributed by atoms with Gasteiger partial charge in [-0.1, -0.05) is 18.2 Å². The highest BCUT2D eigenvalue weighted by Gasteiger charge is 2.19. The van der Waals surface area contributed by atoms with Crippen molar-refractivity contribution in [3.63, 3.8) is 0 Å². The zero-order valence-corrected chi connectivity index (χ0v) is 16.6. The minimum Gasteiger partial charge on any atom is -0.357 e. The van der Waals surface area contributed by atoms with Gasteiger partial charge in [0.05, 0.1) is 0 Å². The molecule has 0 saturated carbocycles. The third kappa shape index (κ3) is 3.41. The van der Waals surface area contributed by atoms with Gasteiger partial charge in [0.15, 0.2) is 0 Å². The van der Waals surface area contributed by atoms with Gasteiger partial charge >= 0.3 is 0 Å². The van der Waals surface area contributed by atoms with E-state index >= 15 is 0 Å². The van der Waals surface area contributed by atoms with Crippen molar-refractivity contribution in [3.8, 4) is 11.1 Å². The molecule has 0 radical (unpaired) electrons. The van der Waals surface area contributed by atoms with Crippen LogP contribution in [0.5, 0.6) is 0 Å². The van der Waals surface area contributed by atoms with Crippen LogP contribution in [-0.2, 0) is 17.1 Å². The molecular weight excluding hydrogens is 390 g/mol. The number of aromatic amines is 1. The number of H-pyrrole nitrogens is 1. The minimum absolute atomic E-state index is 0.0335. The molecule has 0 bridgehead atoms. The van der Waals surface area contributed by atoms with Crippen molar-refractivity contribution in [2.75, 3.05) is 12.4 Å². The number of hydrogen-bond acceptors (Lipinski definition) is 5. The summed E-state index contributed by atoms with van der Waals surface area (Å²) in [5, 5.41) is 3.92. The number of hydrogen-bond donors (Lipinski definition) is 3. The Morgan fingerprint density at radius 1 is 1.10 bits per heavy atom. The molecular formula is C20H19N5O3S. The van der Waals surface area contributed by atoms with Crippen molar-refractivity contribution in [3.05, 3.63) is 71.4 Å².